The van der Waals surface area contributed by atoms with Gasteiger partial charge in [-0.2, -0.15) is 0 Å². The lowest BCUT2D eigenvalue weighted by Gasteiger charge is -2.25. The maximum Gasteiger partial charge on any atom is 0.492 e. The molecule has 2 aromatic rings. The van der Waals surface area contributed by atoms with Crippen LogP contribution in [0.5, 0.6) is 0 Å². The summed E-state index contributed by atoms with van der Waals surface area (Å²) in [5, 5.41) is 12.5. The maximum absolute atomic E-state index is 12.5. The number of carbonyl (C=O) groups is 2. The molecule has 2 aliphatic heterocycles. The molecule has 2 aromatic carbocycles. The molecule has 4 rings (SSSR count). The standard InChI is InChI=1S/C22H25BN2O6S/c1-15-19(7-4-17-14-31-23(28)21(15)17)22(27)24-12-20(26)30-13-16-2-5-18(6-3-16)32-25-8-10-29-11-9-25/h2-7,28H,8-14H2,1H3,(H,24,27). The van der Waals surface area contributed by atoms with Crippen LogP contribution in [-0.4, -0.2) is 61.2 Å². The summed E-state index contributed by atoms with van der Waals surface area (Å²) in [6.45, 7) is 5.27. The Kier molecular flexibility index (Phi) is 7.49. The molecule has 2 N–H and O–H groups in total. The van der Waals surface area contributed by atoms with E-state index in [0.717, 1.165) is 42.3 Å². The van der Waals surface area contributed by atoms with E-state index in [9.17, 15) is 14.6 Å². The maximum atomic E-state index is 12.5. The molecule has 10 heteroatoms. The molecule has 1 fully saturated rings. The van der Waals surface area contributed by atoms with Crippen LogP contribution in [0.3, 0.4) is 0 Å². The number of nitrogens with one attached hydrogen (secondary N) is 1. The van der Waals surface area contributed by atoms with Crippen molar-refractivity contribution in [1.82, 2.24) is 9.62 Å². The Bertz CT molecular complexity index is 981. The number of esters is 1. The number of ether oxygens (including phenoxy) is 2. The van der Waals surface area contributed by atoms with Gasteiger partial charge in [-0.1, -0.05) is 18.2 Å². The van der Waals surface area contributed by atoms with Crippen LogP contribution >= 0.6 is 11.9 Å². The number of morpholine rings is 1. The molecule has 0 radical (unpaired) electrons. The zero-order valence-electron chi connectivity index (χ0n) is 17.8. The molecule has 1 amide bonds. The van der Waals surface area contributed by atoms with Gasteiger partial charge in [0, 0.05) is 23.5 Å². The lowest BCUT2D eigenvalue weighted by atomic mass is 9.75. The highest BCUT2D eigenvalue weighted by molar-refractivity contribution is 7.97. The highest BCUT2D eigenvalue weighted by atomic mass is 32.2. The summed E-state index contributed by atoms with van der Waals surface area (Å²) in [6, 6.07) is 11.3. The molecule has 0 saturated carbocycles. The van der Waals surface area contributed by atoms with Gasteiger partial charge in [0.2, 0.25) is 0 Å². The molecule has 0 aliphatic carbocycles. The van der Waals surface area contributed by atoms with Crippen molar-refractivity contribution in [2.24, 2.45) is 0 Å². The van der Waals surface area contributed by atoms with Gasteiger partial charge in [0.25, 0.3) is 5.91 Å². The topological polar surface area (TPSA) is 97.3 Å². The molecular weight excluding hydrogens is 431 g/mol. The first-order chi connectivity index (χ1) is 15.5. The minimum absolute atomic E-state index is 0.138. The first kappa shape index (κ1) is 22.8. The number of rotatable bonds is 7. The number of amides is 1. The van der Waals surface area contributed by atoms with Crippen LogP contribution in [0.15, 0.2) is 41.3 Å². The third-order valence-corrected chi connectivity index (χ3v) is 6.52. The predicted octanol–water partition coefficient (Wildman–Crippen LogP) is 1.03. The normalized spacial score (nSPS) is 16.0. The second-order valence-corrected chi connectivity index (χ2v) is 8.76. The van der Waals surface area contributed by atoms with Gasteiger partial charge in [-0.15, -0.1) is 0 Å². The molecular formula is C22H25BN2O6S. The smallest absolute Gasteiger partial charge is 0.460 e. The Labute approximate surface area is 191 Å². The summed E-state index contributed by atoms with van der Waals surface area (Å²) < 4.78 is 18.1. The van der Waals surface area contributed by atoms with E-state index in [-0.39, 0.29) is 13.2 Å². The van der Waals surface area contributed by atoms with Crippen molar-refractivity contribution >= 4 is 36.4 Å². The lowest BCUT2D eigenvalue weighted by molar-refractivity contribution is -0.143. The van der Waals surface area contributed by atoms with Crippen LogP contribution in [-0.2, 0) is 32.1 Å². The van der Waals surface area contributed by atoms with E-state index in [0.29, 0.717) is 23.2 Å². The molecule has 1 saturated heterocycles. The van der Waals surface area contributed by atoms with Gasteiger partial charge in [0.15, 0.2) is 0 Å². The van der Waals surface area contributed by atoms with Crippen LogP contribution in [0.1, 0.15) is 27.0 Å². The predicted molar refractivity (Wildman–Crippen MR) is 120 cm³/mol. The third-order valence-electron chi connectivity index (χ3n) is 5.41. The Hall–Kier alpha value is -2.37. The van der Waals surface area contributed by atoms with Gasteiger partial charge in [0.05, 0.1) is 19.8 Å². The molecule has 0 atom stereocenters. The third kappa shape index (κ3) is 5.51. The van der Waals surface area contributed by atoms with Crippen molar-refractivity contribution in [3.63, 3.8) is 0 Å². The van der Waals surface area contributed by atoms with Gasteiger partial charge in [-0.3, -0.25) is 9.59 Å². The summed E-state index contributed by atoms with van der Waals surface area (Å²) in [6.07, 6.45) is 0. The molecule has 0 unspecified atom stereocenters. The lowest BCUT2D eigenvalue weighted by Crippen LogP contribution is -2.35. The minimum atomic E-state index is -1.03. The fourth-order valence-electron chi connectivity index (χ4n) is 3.65. The van der Waals surface area contributed by atoms with Crippen molar-refractivity contribution < 1.29 is 28.7 Å². The van der Waals surface area contributed by atoms with Crippen LogP contribution in [0.4, 0.5) is 0 Å². The number of benzene rings is 2. The molecule has 32 heavy (non-hydrogen) atoms. The minimum Gasteiger partial charge on any atom is -0.460 e. The monoisotopic (exact) mass is 456 g/mol. The van der Waals surface area contributed by atoms with Crippen LogP contribution in [0.2, 0.25) is 0 Å². The fraction of sp³-hybridized carbons (Fsp3) is 0.364. The number of nitrogens with zero attached hydrogens (tertiary/aromatic N) is 1. The van der Waals surface area contributed by atoms with Crippen molar-refractivity contribution in [3.8, 4) is 0 Å². The van der Waals surface area contributed by atoms with Crippen molar-refractivity contribution in [2.45, 2.75) is 25.0 Å². The molecule has 168 valence electrons. The van der Waals surface area contributed by atoms with Gasteiger partial charge < -0.3 is 24.5 Å². The molecule has 2 aliphatic rings. The van der Waals surface area contributed by atoms with E-state index in [4.69, 9.17) is 14.1 Å². The summed E-state index contributed by atoms with van der Waals surface area (Å²) >= 11 is 1.69. The largest absolute Gasteiger partial charge is 0.492 e. The number of hydrogen-bond donors (Lipinski definition) is 2. The van der Waals surface area contributed by atoms with E-state index in [1.165, 1.54) is 0 Å². The SMILES string of the molecule is Cc1c(C(=O)NCC(=O)OCc2ccc(SN3CCOCC3)cc2)ccc2c1B(O)OC2. The summed E-state index contributed by atoms with van der Waals surface area (Å²) in [7, 11) is -1.03. The first-order valence-corrected chi connectivity index (χ1v) is 11.2. The van der Waals surface area contributed by atoms with Crippen LogP contribution < -0.4 is 10.8 Å². The van der Waals surface area contributed by atoms with Crippen molar-refractivity contribution in [2.75, 3.05) is 32.8 Å². The average molecular weight is 456 g/mol. The second kappa shape index (κ2) is 10.5. The highest BCUT2D eigenvalue weighted by Crippen LogP contribution is 2.24. The molecule has 8 nitrogen and oxygen atoms in total. The van der Waals surface area contributed by atoms with Gasteiger partial charge in [0.1, 0.15) is 13.2 Å². The highest BCUT2D eigenvalue weighted by Gasteiger charge is 2.31. The number of hydrogen-bond acceptors (Lipinski definition) is 8. The average Bonchev–Trinajstić information content (AvgIpc) is 3.19. The summed E-state index contributed by atoms with van der Waals surface area (Å²) in [4.78, 5) is 25.7. The van der Waals surface area contributed by atoms with Crippen LogP contribution in [0.25, 0.3) is 0 Å². The van der Waals surface area contributed by atoms with E-state index in [2.05, 4.69) is 9.62 Å². The zero-order valence-corrected chi connectivity index (χ0v) is 18.7. The Morgan fingerprint density at radius 2 is 1.94 bits per heavy atom. The molecule has 0 aromatic heterocycles. The number of fused-ring (bicyclic) bond motifs is 1. The summed E-state index contributed by atoms with van der Waals surface area (Å²) in [5.74, 6) is -0.918. The Morgan fingerprint density at radius 3 is 2.69 bits per heavy atom. The van der Waals surface area contributed by atoms with Crippen molar-refractivity contribution in [3.05, 3.63) is 58.7 Å². The number of carbonyl (C=O) groups excluding carboxylic acids is 2. The molecule has 0 spiro atoms. The summed E-state index contributed by atoms with van der Waals surface area (Å²) in [5.41, 5.74) is 3.40. The van der Waals surface area contributed by atoms with Crippen molar-refractivity contribution in [1.29, 1.82) is 0 Å². The first-order valence-electron chi connectivity index (χ1n) is 10.5. The van der Waals surface area contributed by atoms with Gasteiger partial charge in [-0.05, 0) is 59.2 Å². The van der Waals surface area contributed by atoms with Gasteiger partial charge in [-0.25, -0.2) is 4.31 Å². The Morgan fingerprint density at radius 1 is 1.19 bits per heavy atom. The quantitative estimate of drug-likeness (QED) is 0.362. The van der Waals surface area contributed by atoms with E-state index in [1.54, 1.807) is 31.0 Å². The zero-order chi connectivity index (χ0) is 22.5. The van der Waals surface area contributed by atoms with E-state index in [1.807, 2.05) is 24.3 Å². The van der Waals surface area contributed by atoms with Gasteiger partial charge >= 0.3 is 13.1 Å². The van der Waals surface area contributed by atoms with E-state index < -0.39 is 19.0 Å². The molecule has 2 heterocycles. The fourth-order valence-corrected chi connectivity index (χ4v) is 4.54. The second-order valence-electron chi connectivity index (χ2n) is 7.59. The van der Waals surface area contributed by atoms with E-state index >= 15 is 0 Å². The molecule has 0 bridgehead atoms. The Balaban J connectivity index is 1.23. The van der Waals surface area contributed by atoms with Crippen LogP contribution in [0, 0.1) is 6.92 Å².